The van der Waals surface area contributed by atoms with Crippen LogP contribution in [0.4, 0.5) is 0 Å². The second kappa shape index (κ2) is 10.9. The molecule has 0 radical (unpaired) electrons. The summed E-state index contributed by atoms with van der Waals surface area (Å²) < 4.78 is 0. The fourth-order valence-electron chi connectivity index (χ4n) is 3.34. The molecule has 0 saturated heterocycles. The molecule has 5 N–H and O–H groups in total. The molecule has 6 atom stereocenters. The number of carbonyl (C=O) groups is 4. The van der Waals surface area contributed by atoms with Crippen molar-refractivity contribution in [3.63, 3.8) is 0 Å². The van der Waals surface area contributed by atoms with Gasteiger partial charge in [-0.1, -0.05) is 40.5 Å². The van der Waals surface area contributed by atoms with Crippen LogP contribution in [0.2, 0.25) is 0 Å². The van der Waals surface area contributed by atoms with Gasteiger partial charge in [0.1, 0.15) is 0 Å². The molecule has 0 spiro atoms. The van der Waals surface area contributed by atoms with Gasteiger partial charge in [0, 0.05) is 0 Å². The minimum atomic E-state index is -3.23. The van der Waals surface area contributed by atoms with Crippen LogP contribution in [0.25, 0.3) is 0 Å². The fourth-order valence-corrected chi connectivity index (χ4v) is 3.34. The number of rotatable bonds is 14. The van der Waals surface area contributed by atoms with Crippen molar-refractivity contribution in [2.24, 2.45) is 11.8 Å². The monoisotopic (exact) mass is 416 g/mol. The van der Waals surface area contributed by atoms with E-state index in [1.54, 1.807) is 13.8 Å². The molecule has 9 nitrogen and oxygen atoms in total. The first-order valence-corrected chi connectivity index (χ1v) is 9.90. The first-order chi connectivity index (χ1) is 13.3. The van der Waals surface area contributed by atoms with Gasteiger partial charge in [0.25, 0.3) is 0 Å². The van der Waals surface area contributed by atoms with E-state index in [-0.39, 0.29) is 11.8 Å². The molecule has 0 aliphatic heterocycles. The maximum atomic E-state index is 12.9. The zero-order chi connectivity index (χ0) is 23.2. The summed E-state index contributed by atoms with van der Waals surface area (Å²) in [5.74, 6) is -5.72. The molecule has 0 heterocycles. The summed E-state index contributed by atoms with van der Waals surface area (Å²) in [6.07, 6.45) is 0.0988. The van der Waals surface area contributed by atoms with Crippen molar-refractivity contribution in [2.75, 3.05) is 14.1 Å². The molecule has 0 aromatic heterocycles. The zero-order valence-corrected chi connectivity index (χ0v) is 18.4. The van der Waals surface area contributed by atoms with E-state index in [4.69, 9.17) is 0 Å². The number of ketones is 3. The molecule has 168 valence electrons. The van der Waals surface area contributed by atoms with E-state index in [2.05, 4.69) is 10.6 Å². The Bertz CT molecular complexity index is 620. The van der Waals surface area contributed by atoms with Crippen LogP contribution < -0.4 is 10.6 Å². The van der Waals surface area contributed by atoms with Gasteiger partial charge >= 0.3 is 5.97 Å². The molecule has 0 aromatic rings. The van der Waals surface area contributed by atoms with E-state index in [1.807, 2.05) is 13.8 Å². The molecular weight excluding hydrogens is 380 g/mol. The van der Waals surface area contributed by atoms with Gasteiger partial charge in [0.05, 0.1) is 18.5 Å². The SMILES string of the molecule is CCC(C)[C@H](NC)C(=O)CC(O)(C(=O)O)C(=O)C(C)(O)C(=O)[C@@H](NC)C(C)CC. The van der Waals surface area contributed by atoms with Gasteiger partial charge in [0.15, 0.2) is 17.2 Å². The Morgan fingerprint density at radius 2 is 1.31 bits per heavy atom. The summed E-state index contributed by atoms with van der Waals surface area (Å²) in [4.78, 5) is 50.1. The third-order valence-electron chi connectivity index (χ3n) is 5.76. The van der Waals surface area contributed by atoms with Crippen LogP contribution in [0.1, 0.15) is 53.9 Å². The first kappa shape index (κ1) is 27.3. The van der Waals surface area contributed by atoms with Crippen molar-refractivity contribution < 1.29 is 34.5 Å². The van der Waals surface area contributed by atoms with Crippen LogP contribution in [0.15, 0.2) is 0 Å². The molecule has 9 heteroatoms. The Balaban J connectivity index is 5.97. The summed E-state index contributed by atoms with van der Waals surface area (Å²) in [5.41, 5.74) is -6.03. The Morgan fingerprint density at radius 1 is 0.897 bits per heavy atom. The second-order valence-corrected chi connectivity index (χ2v) is 7.88. The highest BCUT2D eigenvalue weighted by Gasteiger charge is 2.57. The predicted molar refractivity (Wildman–Crippen MR) is 107 cm³/mol. The largest absolute Gasteiger partial charge is 0.479 e. The number of carboxylic acid groups (broad SMARTS) is 1. The van der Waals surface area contributed by atoms with Gasteiger partial charge in [-0.3, -0.25) is 14.4 Å². The lowest BCUT2D eigenvalue weighted by Crippen LogP contribution is -2.64. The van der Waals surface area contributed by atoms with Crippen molar-refractivity contribution in [1.29, 1.82) is 0 Å². The third-order valence-corrected chi connectivity index (χ3v) is 5.76. The molecule has 0 saturated carbocycles. The topological polar surface area (TPSA) is 153 Å². The average molecular weight is 417 g/mol. The number of aliphatic carboxylic acids is 1. The lowest BCUT2D eigenvalue weighted by atomic mass is 9.76. The molecular formula is C20H36N2O7. The van der Waals surface area contributed by atoms with E-state index in [0.29, 0.717) is 12.8 Å². The number of nitrogens with one attached hydrogen (secondary N) is 2. The third kappa shape index (κ3) is 5.91. The predicted octanol–water partition coefficient (Wildman–Crippen LogP) is -0.0813. The van der Waals surface area contributed by atoms with E-state index in [0.717, 1.165) is 6.92 Å². The average Bonchev–Trinajstić information content (AvgIpc) is 2.67. The van der Waals surface area contributed by atoms with Crippen molar-refractivity contribution >= 4 is 23.3 Å². The van der Waals surface area contributed by atoms with Crippen LogP contribution in [-0.4, -0.2) is 76.0 Å². The van der Waals surface area contributed by atoms with E-state index < -0.39 is 53.0 Å². The number of carbonyl (C=O) groups excluding carboxylic acids is 3. The summed E-state index contributed by atoms with van der Waals surface area (Å²) in [6.45, 7) is 8.01. The Hall–Kier alpha value is -1.68. The standard InChI is InChI=1S/C20H36N2O7/c1-8-11(3)14(21-6)13(23)10-20(29,18(26)27)17(25)19(5,28)16(24)15(22-7)12(4)9-2/h11-12,14-15,21-22,28-29H,8-10H2,1-7H3,(H,26,27)/t11?,12?,14-,15-,19?,20?/m0/s1. The van der Waals surface area contributed by atoms with Crippen LogP contribution in [-0.2, 0) is 19.2 Å². The Morgan fingerprint density at radius 3 is 1.66 bits per heavy atom. The molecule has 0 aliphatic carbocycles. The van der Waals surface area contributed by atoms with Crippen LogP contribution >= 0.6 is 0 Å². The maximum Gasteiger partial charge on any atom is 0.344 e. The zero-order valence-electron chi connectivity index (χ0n) is 18.4. The van der Waals surface area contributed by atoms with Crippen LogP contribution in [0.3, 0.4) is 0 Å². The minimum Gasteiger partial charge on any atom is -0.479 e. The van der Waals surface area contributed by atoms with Crippen LogP contribution in [0, 0.1) is 11.8 Å². The van der Waals surface area contributed by atoms with Gasteiger partial charge < -0.3 is 26.0 Å². The van der Waals surface area contributed by atoms with Crippen LogP contribution in [0.5, 0.6) is 0 Å². The lowest BCUT2D eigenvalue weighted by Gasteiger charge is -2.34. The Labute approximate surface area is 172 Å². The highest BCUT2D eigenvalue weighted by atomic mass is 16.4. The summed E-state index contributed by atoms with van der Waals surface area (Å²) in [5, 5.41) is 36.3. The number of hydrogen-bond acceptors (Lipinski definition) is 8. The van der Waals surface area contributed by atoms with E-state index >= 15 is 0 Å². The molecule has 0 rings (SSSR count). The van der Waals surface area contributed by atoms with Gasteiger partial charge in [-0.2, -0.15) is 0 Å². The molecule has 0 aromatic carbocycles. The second-order valence-electron chi connectivity index (χ2n) is 7.88. The van der Waals surface area contributed by atoms with Crippen molar-refractivity contribution in [3.05, 3.63) is 0 Å². The van der Waals surface area contributed by atoms with Crippen molar-refractivity contribution in [2.45, 2.75) is 77.2 Å². The number of carboxylic acids is 1. The molecule has 0 fully saturated rings. The highest BCUT2D eigenvalue weighted by Crippen LogP contribution is 2.26. The number of Topliss-reactive ketones (excluding diaryl/α,β-unsaturated/α-hetero) is 3. The van der Waals surface area contributed by atoms with Gasteiger partial charge in [-0.15, -0.1) is 0 Å². The highest BCUT2D eigenvalue weighted by molar-refractivity contribution is 6.22. The summed E-state index contributed by atoms with van der Waals surface area (Å²) in [7, 11) is 2.99. The smallest absolute Gasteiger partial charge is 0.344 e. The lowest BCUT2D eigenvalue weighted by molar-refractivity contribution is -0.178. The minimum absolute atomic E-state index is 0.179. The summed E-state index contributed by atoms with van der Waals surface area (Å²) in [6, 6.07) is -1.72. The normalized spacial score (nSPS) is 19.9. The van der Waals surface area contributed by atoms with Gasteiger partial charge in [-0.25, -0.2) is 4.79 Å². The summed E-state index contributed by atoms with van der Waals surface area (Å²) >= 11 is 0. The van der Waals surface area contributed by atoms with Gasteiger partial charge in [0.2, 0.25) is 11.4 Å². The fraction of sp³-hybridized carbons (Fsp3) is 0.800. The number of hydrogen-bond donors (Lipinski definition) is 5. The van der Waals surface area contributed by atoms with Crippen molar-refractivity contribution in [1.82, 2.24) is 10.6 Å². The van der Waals surface area contributed by atoms with E-state index in [9.17, 15) is 34.5 Å². The first-order valence-electron chi connectivity index (χ1n) is 9.90. The van der Waals surface area contributed by atoms with Gasteiger partial charge in [-0.05, 0) is 32.9 Å². The number of aliphatic hydroxyl groups is 2. The molecule has 0 amide bonds. The molecule has 29 heavy (non-hydrogen) atoms. The molecule has 4 unspecified atom stereocenters. The number of likely N-dealkylation sites (N-methyl/N-ethyl adjacent to an activating group) is 2. The maximum absolute atomic E-state index is 12.9. The quantitative estimate of drug-likeness (QED) is 0.245. The molecule has 0 bridgehead atoms. The Kier molecular flexibility index (Phi) is 10.3. The molecule has 0 aliphatic rings. The van der Waals surface area contributed by atoms with E-state index in [1.165, 1.54) is 14.1 Å². The van der Waals surface area contributed by atoms with Crippen molar-refractivity contribution in [3.8, 4) is 0 Å².